The van der Waals surface area contributed by atoms with E-state index in [1.165, 1.54) is 24.4 Å². The number of fused-ring (bicyclic) bond motifs is 1. The molecule has 0 atom stereocenters. The van der Waals surface area contributed by atoms with Crippen LogP contribution >= 0.6 is 23.2 Å². The minimum Gasteiger partial charge on any atom is -0.507 e. The van der Waals surface area contributed by atoms with Gasteiger partial charge in [0.05, 0.1) is 16.8 Å². The number of nitrogens with zero attached hydrogens (tertiary/aromatic N) is 4. The monoisotopic (exact) mass is 463 g/mol. The summed E-state index contributed by atoms with van der Waals surface area (Å²) in [4.78, 5) is 16.3. The first-order valence-electron chi connectivity index (χ1n) is 9.40. The van der Waals surface area contributed by atoms with Crippen LogP contribution < -0.4 is 5.43 Å². The first-order chi connectivity index (χ1) is 15.4. The van der Waals surface area contributed by atoms with Gasteiger partial charge in [0.25, 0.3) is 5.91 Å². The number of amides is 1. The molecule has 0 radical (unpaired) electrons. The Morgan fingerprint density at radius 3 is 2.84 bits per heavy atom. The molecule has 4 aromatic rings. The van der Waals surface area contributed by atoms with E-state index in [9.17, 15) is 9.90 Å². The largest absolute Gasteiger partial charge is 0.507 e. The second-order valence-electron chi connectivity index (χ2n) is 6.92. The van der Waals surface area contributed by atoms with Crippen molar-refractivity contribution in [1.29, 1.82) is 5.26 Å². The summed E-state index contributed by atoms with van der Waals surface area (Å²) in [6.07, 6.45) is 5.19. The van der Waals surface area contributed by atoms with E-state index in [0.29, 0.717) is 11.6 Å². The van der Waals surface area contributed by atoms with Crippen LogP contribution in [0.1, 0.15) is 27.0 Å². The van der Waals surface area contributed by atoms with E-state index >= 15 is 0 Å². The van der Waals surface area contributed by atoms with Crippen molar-refractivity contribution < 1.29 is 9.90 Å². The molecule has 2 aromatic carbocycles. The van der Waals surface area contributed by atoms with Crippen molar-refractivity contribution in [2.45, 2.75) is 6.54 Å². The molecule has 0 unspecified atom stereocenters. The SMILES string of the molecule is N#Cc1cc(C(=O)NN=Cc2ccc3c(ccn3Cc3cnc(Cl)c(Cl)c3)c2)ccc1O. The van der Waals surface area contributed by atoms with E-state index in [1.807, 2.05) is 36.5 Å². The lowest BCUT2D eigenvalue weighted by molar-refractivity contribution is 0.0955. The maximum absolute atomic E-state index is 12.2. The lowest BCUT2D eigenvalue weighted by Crippen LogP contribution is -2.17. The number of carbonyl (C=O) groups is 1. The highest BCUT2D eigenvalue weighted by Crippen LogP contribution is 2.23. The average Bonchev–Trinajstić information content (AvgIpc) is 3.18. The predicted molar refractivity (Wildman–Crippen MR) is 123 cm³/mol. The number of aromatic hydroxyl groups is 1. The average molecular weight is 464 g/mol. The molecular formula is C23H15Cl2N5O2. The van der Waals surface area contributed by atoms with Crippen molar-refractivity contribution in [3.63, 3.8) is 0 Å². The molecule has 0 fully saturated rings. The highest BCUT2D eigenvalue weighted by molar-refractivity contribution is 6.41. The van der Waals surface area contributed by atoms with Gasteiger partial charge in [-0.2, -0.15) is 10.4 Å². The van der Waals surface area contributed by atoms with E-state index in [2.05, 4.69) is 20.1 Å². The van der Waals surface area contributed by atoms with Crippen LogP contribution in [0.25, 0.3) is 10.9 Å². The number of pyridine rings is 1. The fraction of sp³-hybridized carbons (Fsp3) is 0.0435. The van der Waals surface area contributed by atoms with E-state index in [4.69, 9.17) is 28.5 Å². The minimum absolute atomic E-state index is 0.0215. The Kier molecular flexibility index (Phi) is 6.08. The quantitative estimate of drug-likeness (QED) is 0.253. The van der Waals surface area contributed by atoms with Crippen LogP contribution in [-0.2, 0) is 6.54 Å². The molecule has 158 valence electrons. The molecule has 4 rings (SSSR count). The molecule has 32 heavy (non-hydrogen) atoms. The first kappa shape index (κ1) is 21.4. The highest BCUT2D eigenvalue weighted by Gasteiger charge is 2.09. The molecular weight excluding hydrogens is 449 g/mol. The maximum atomic E-state index is 12.2. The van der Waals surface area contributed by atoms with Crippen LogP contribution in [0.3, 0.4) is 0 Å². The number of phenols is 1. The van der Waals surface area contributed by atoms with Crippen molar-refractivity contribution >= 4 is 46.2 Å². The van der Waals surface area contributed by atoms with Gasteiger partial charge in [-0.25, -0.2) is 10.4 Å². The number of hydrogen-bond acceptors (Lipinski definition) is 5. The fourth-order valence-electron chi connectivity index (χ4n) is 3.18. The maximum Gasteiger partial charge on any atom is 0.271 e. The lowest BCUT2D eigenvalue weighted by atomic mass is 10.1. The van der Waals surface area contributed by atoms with Crippen LogP contribution in [-0.4, -0.2) is 26.8 Å². The molecule has 0 aliphatic heterocycles. The first-order valence-corrected chi connectivity index (χ1v) is 10.2. The van der Waals surface area contributed by atoms with E-state index in [1.54, 1.807) is 12.3 Å². The summed E-state index contributed by atoms with van der Waals surface area (Å²) in [6, 6.07) is 15.4. The standard InChI is InChI=1S/C23H15Cl2N5O2/c24-19-8-15(11-27-22(19)25)13-30-6-5-16-7-14(1-3-20(16)30)12-28-29-23(32)17-2-4-21(31)18(9-17)10-26/h1-9,11-12,31H,13H2,(H,29,32). The number of benzene rings is 2. The molecule has 9 heteroatoms. The van der Waals surface area contributed by atoms with E-state index in [0.717, 1.165) is 22.0 Å². The Labute approximate surface area is 193 Å². The van der Waals surface area contributed by atoms with Gasteiger partial charge in [0.15, 0.2) is 0 Å². The zero-order valence-electron chi connectivity index (χ0n) is 16.5. The number of carbonyl (C=O) groups excluding carboxylic acids is 1. The minimum atomic E-state index is -0.486. The number of halogens is 2. The van der Waals surface area contributed by atoms with Crippen molar-refractivity contribution in [3.05, 3.63) is 93.4 Å². The predicted octanol–water partition coefficient (Wildman–Crippen LogP) is 4.73. The van der Waals surface area contributed by atoms with Gasteiger partial charge >= 0.3 is 0 Å². The second-order valence-corrected chi connectivity index (χ2v) is 7.69. The summed E-state index contributed by atoms with van der Waals surface area (Å²) in [5, 5.41) is 24.2. The molecule has 0 aliphatic rings. The molecule has 0 saturated carbocycles. The van der Waals surface area contributed by atoms with Crippen LogP contribution in [0.15, 0.2) is 66.0 Å². The molecule has 1 amide bonds. The summed E-state index contributed by atoms with van der Waals surface area (Å²) in [5.41, 5.74) is 5.41. The van der Waals surface area contributed by atoms with Crippen LogP contribution in [0.4, 0.5) is 0 Å². The summed E-state index contributed by atoms with van der Waals surface area (Å²) in [6.45, 7) is 0.591. The van der Waals surface area contributed by atoms with Crippen LogP contribution in [0.2, 0.25) is 10.2 Å². The number of nitrogens with one attached hydrogen (secondary N) is 1. The summed E-state index contributed by atoms with van der Waals surface area (Å²) in [5.74, 6) is -0.663. The van der Waals surface area contributed by atoms with Crippen molar-refractivity contribution in [3.8, 4) is 11.8 Å². The number of aromatic nitrogens is 2. The van der Waals surface area contributed by atoms with Gasteiger partial charge in [0.2, 0.25) is 0 Å². The van der Waals surface area contributed by atoms with Crippen LogP contribution in [0.5, 0.6) is 5.75 Å². The third-order valence-corrected chi connectivity index (χ3v) is 5.45. The van der Waals surface area contributed by atoms with Gasteiger partial charge < -0.3 is 9.67 Å². The van der Waals surface area contributed by atoms with Gasteiger partial charge in [-0.1, -0.05) is 29.3 Å². The number of phenolic OH excluding ortho intramolecular Hbond substituents is 1. The van der Waals surface area contributed by atoms with Crippen molar-refractivity contribution in [1.82, 2.24) is 15.0 Å². The number of nitriles is 1. The molecule has 0 bridgehead atoms. The van der Waals surface area contributed by atoms with E-state index < -0.39 is 5.91 Å². The third kappa shape index (κ3) is 4.57. The van der Waals surface area contributed by atoms with Crippen molar-refractivity contribution in [2.75, 3.05) is 0 Å². The van der Waals surface area contributed by atoms with Gasteiger partial charge in [0.1, 0.15) is 17.0 Å². The summed E-state index contributed by atoms with van der Waals surface area (Å²) < 4.78 is 2.07. The summed E-state index contributed by atoms with van der Waals surface area (Å²) in [7, 11) is 0. The van der Waals surface area contributed by atoms with Crippen molar-refractivity contribution in [2.24, 2.45) is 5.10 Å². The van der Waals surface area contributed by atoms with E-state index in [-0.39, 0.29) is 22.0 Å². The normalized spacial score (nSPS) is 11.0. The Morgan fingerprint density at radius 2 is 2.06 bits per heavy atom. The Morgan fingerprint density at radius 1 is 1.22 bits per heavy atom. The zero-order valence-corrected chi connectivity index (χ0v) is 18.0. The Hall–Kier alpha value is -3.86. The molecule has 2 heterocycles. The fourth-order valence-corrected chi connectivity index (χ4v) is 3.47. The smallest absolute Gasteiger partial charge is 0.271 e. The highest BCUT2D eigenvalue weighted by atomic mass is 35.5. The zero-order chi connectivity index (χ0) is 22.7. The molecule has 0 aliphatic carbocycles. The molecule has 0 saturated heterocycles. The number of rotatable bonds is 5. The molecule has 0 spiro atoms. The van der Waals surface area contributed by atoms with Gasteiger partial charge in [-0.15, -0.1) is 0 Å². The number of hydrazone groups is 1. The van der Waals surface area contributed by atoms with Gasteiger partial charge in [0, 0.05) is 35.4 Å². The Balaban J connectivity index is 1.46. The van der Waals surface area contributed by atoms with Crippen LogP contribution in [0, 0.1) is 11.3 Å². The molecule has 2 aromatic heterocycles. The second kappa shape index (κ2) is 9.10. The number of hydrogen-bond donors (Lipinski definition) is 2. The lowest BCUT2D eigenvalue weighted by Gasteiger charge is -2.07. The third-order valence-electron chi connectivity index (χ3n) is 4.76. The summed E-state index contributed by atoms with van der Waals surface area (Å²) >= 11 is 11.9. The van der Waals surface area contributed by atoms with Gasteiger partial charge in [-0.3, -0.25) is 4.79 Å². The molecule has 7 nitrogen and oxygen atoms in total. The molecule has 2 N–H and O–H groups in total. The topological polar surface area (TPSA) is 103 Å². The Bertz CT molecular complexity index is 1410. The van der Waals surface area contributed by atoms with Gasteiger partial charge in [-0.05, 0) is 53.6 Å².